The number of aliphatic hydroxyl groups is 1. The summed E-state index contributed by atoms with van der Waals surface area (Å²) in [5.74, 6) is -1.94. The highest BCUT2D eigenvalue weighted by Crippen LogP contribution is 2.28. The van der Waals surface area contributed by atoms with Gasteiger partial charge in [-0.1, -0.05) is 6.07 Å². The van der Waals surface area contributed by atoms with Crippen LogP contribution in [0.3, 0.4) is 0 Å². The van der Waals surface area contributed by atoms with E-state index in [1.54, 1.807) is 0 Å². The minimum Gasteiger partial charge on any atom is -0.385 e. The summed E-state index contributed by atoms with van der Waals surface area (Å²) in [6.45, 7) is 1.49. The van der Waals surface area contributed by atoms with E-state index in [2.05, 4.69) is 0 Å². The third kappa shape index (κ3) is 3.46. The molecular weight excluding hydrogens is 230 g/mol. The van der Waals surface area contributed by atoms with Gasteiger partial charge in [0, 0.05) is 20.6 Å². The minimum absolute atomic E-state index is 0.116. The summed E-state index contributed by atoms with van der Waals surface area (Å²) in [5, 5.41) is 10.2. The van der Waals surface area contributed by atoms with Gasteiger partial charge in [-0.3, -0.25) is 0 Å². The second kappa shape index (κ2) is 5.53. The van der Waals surface area contributed by atoms with Crippen molar-refractivity contribution in [2.75, 3.05) is 14.2 Å². The zero-order valence-corrected chi connectivity index (χ0v) is 10.0. The second-order valence-corrected chi connectivity index (χ2v) is 4.01. The predicted octanol–water partition coefficient (Wildman–Crippen LogP) is 2.18. The largest absolute Gasteiger partial charge is 0.385 e. The van der Waals surface area contributed by atoms with Crippen LogP contribution >= 0.6 is 0 Å². The first-order valence-corrected chi connectivity index (χ1v) is 5.14. The van der Waals surface area contributed by atoms with Crippen LogP contribution in [0.1, 0.15) is 18.9 Å². The lowest BCUT2D eigenvalue weighted by atomic mass is 9.92. The van der Waals surface area contributed by atoms with Gasteiger partial charge in [-0.2, -0.15) is 0 Å². The Hall–Kier alpha value is -1.04. The number of rotatable bonds is 5. The molecule has 1 aromatic rings. The van der Waals surface area contributed by atoms with Gasteiger partial charge in [-0.15, -0.1) is 0 Å². The van der Waals surface area contributed by atoms with Gasteiger partial charge in [-0.05, 0) is 24.6 Å². The monoisotopic (exact) mass is 246 g/mol. The van der Waals surface area contributed by atoms with Crippen molar-refractivity contribution < 1.29 is 23.4 Å². The van der Waals surface area contributed by atoms with E-state index >= 15 is 0 Å². The molecule has 0 saturated heterocycles. The minimum atomic E-state index is -1.36. The molecular formula is C12H16F2O3. The fraction of sp³-hybridized carbons (Fsp3) is 0.500. The van der Waals surface area contributed by atoms with Crippen LogP contribution in [0.4, 0.5) is 8.78 Å². The number of methoxy groups -OCH3 is 2. The average molecular weight is 246 g/mol. The molecule has 0 aromatic heterocycles. The Labute approximate surface area is 99.0 Å². The van der Waals surface area contributed by atoms with E-state index in [0.717, 1.165) is 12.1 Å². The van der Waals surface area contributed by atoms with E-state index in [0.29, 0.717) is 0 Å². The molecule has 1 atom stereocenters. The van der Waals surface area contributed by atoms with Crippen LogP contribution in [0.25, 0.3) is 0 Å². The molecule has 1 N–H and O–H groups in total. The van der Waals surface area contributed by atoms with Crippen LogP contribution in [0, 0.1) is 11.6 Å². The highest BCUT2D eigenvalue weighted by molar-refractivity contribution is 5.23. The smallest absolute Gasteiger partial charge is 0.159 e. The Morgan fingerprint density at radius 2 is 1.82 bits per heavy atom. The maximum atomic E-state index is 13.1. The summed E-state index contributed by atoms with van der Waals surface area (Å²) in [6.07, 6.45) is -0.497. The van der Waals surface area contributed by atoms with Gasteiger partial charge in [0.2, 0.25) is 0 Å². The number of halogens is 2. The van der Waals surface area contributed by atoms with Crippen molar-refractivity contribution in [2.24, 2.45) is 0 Å². The SMILES string of the molecule is COC(CC(C)(O)c1ccc(F)c(F)c1)OC. The molecule has 0 fully saturated rings. The Morgan fingerprint density at radius 1 is 1.24 bits per heavy atom. The van der Waals surface area contributed by atoms with E-state index in [1.807, 2.05) is 0 Å². The van der Waals surface area contributed by atoms with Crippen molar-refractivity contribution in [1.29, 1.82) is 0 Å². The van der Waals surface area contributed by atoms with Gasteiger partial charge >= 0.3 is 0 Å². The van der Waals surface area contributed by atoms with Gasteiger partial charge < -0.3 is 14.6 Å². The molecule has 17 heavy (non-hydrogen) atoms. The van der Waals surface area contributed by atoms with Crippen LogP contribution in [-0.4, -0.2) is 25.6 Å². The molecule has 0 spiro atoms. The molecule has 0 saturated carbocycles. The highest BCUT2D eigenvalue weighted by Gasteiger charge is 2.28. The van der Waals surface area contributed by atoms with Gasteiger partial charge in [0.15, 0.2) is 17.9 Å². The maximum Gasteiger partial charge on any atom is 0.159 e. The molecule has 1 aromatic carbocycles. The fourth-order valence-corrected chi connectivity index (χ4v) is 1.54. The molecule has 0 amide bonds. The highest BCUT2D eigenvalue weighted by atomic mass is 19.2. The van der Waals surface area contributed by atoms with Gasteiger partial charge in [0.1, 0.15) is 0 Å². The van der Waals surface area contributed by atoms with Crippen molar-refractivity contribution >= 4 is 0 Å². The quantitative estimate of drug-likeness (QED) is 0.809. The Kier molecular flexibility index (Phi) is 4.56. The maximum absolute atomic E-state index is 13.1. The molecule has 1 rings (SSSR count). The Morgan fingerprint density at radius 3 is 2.29 bits per heavy atom. The van der Waals surface area contributed by atoms with Crippen molar-refractivity contribution in [3.8, 4) is 0 Å². The summed E-state index contributed by atoms with van der Waals surface area (Å²) < 4.78 is 35.8. The fourth-order valence-electron chi connectivity index (χ4n) is 1.54. The molecule has 0 heterocycles. The first-order chi connectivity index (χ1) is 7.90. The van der Waals surface area contributed by atoms with Gasteiger partial charge in [0.25, 0.3) is 0 Å². The Bertz CT molecular complexity index is 376. The number of hydrogen-bond donors (Lipinski definition) is 1. The summed E-state index contributed by atoms with van der Waals surface area (Å²) >= 11 is 0. The van der Waals surface area contributed by atoms with E-state index < -0.39 is 23.5 Å². The van der Waals surface area contributed by atoms with Crippen LogP contribution in [0.5, 0.6) is 0 Å². The topological polar surface area (TPSA) is 38.7 Å². The van der Waals surface area contributed by atoms with Crippen molar-refractivity contribution in [2.45, 2.75) is 25.2 Å². The second-order valence-electron chi connectivity index (χ2n) is 4.01. The zero-order chi connectivity index (χ0) is 13.1. The molecule has 1 unspecified atom stereocenters. The third-order valence-corrected chi connectivity index (χ3v) is 2.63. The lowest BCUT2D eigenvalue weighted by Crippen LogP contribution is -2.29. The number of benzene rings is 1. The molecule has 3 nitrogen and oxygen atoms in total. The van der Waals surface area contributed by atoms with Crippen LogP contribution in [-0.2, 0) is 15.1 Å². The summed E-state index contributed by atoms with van der Waals surface area (Å²) in [7, 11) is 2.88. The van der Waals surface area contributed by atoms with Crippen LogP contribution < -0.4 is 0 Å². The number of ether oxygens (including phenoxy) is 2. The molecule has 0 aliphatic heterocycles. The van der Waals surface area contributed by atoms with Crippen molar-refractivity contribution in [3.63, 3.8) is 0 Å². The summed E-state index contributed by atoms with van der Waals surface area (Å²) in [5.41, 5.74) is -1.08. The first-order valence-electron chi connectivity index (χ1n) is 5.14. The summed E-state index contributed by atoms with van der Waals surface area (Å²) in [6, 6.07) is 3.28. The van der Waals surface area contributed by atoms with Crippen molar-refractivity contribution in [1.82, 2.24) is 0 Å². The molecule has 0 aliphatic rings. The van der Waals surface area contributed by atoms with E-state index in [-0.39, 0.29) is 12.0 Å². The van der Waals surface area contributed by atoms with Gasteiger partial charge in [0.05, 0.1) is 5.60 Å². The van der Waals surface area contributed by atoms with E-state index in [4.69, 9.17) is 9.47 Å². The molecule has 0 bridgehead atoms. The molecule has 0 radical (unpaired) electrons. The average Bonchev–Trinajstić information content (AvgIpc) is 2.29. The Balaban J connectivity index is 2.91. The lowest BCUT2D eigenvalue weighted by molar-refractivity contribution is -0.142. The molecule has 96 valence electrons. The lowest BCUT2D eigenvalue weighted by Gasteiger charge is -2.27. The normalized spacial score (nSPS) is 15.0. The summed E-state index contributed by atoms with van der Waals surface area (Å²) in [4.78, 5) is 0. The van der Waals surface area contributed by atoms with Gasteiger partial charge in [-0.25, -0.2) is 8.78 Å². The van der Waals surface area contributed by atoms with E-state index in [1.165, 1.54) is 27.2 Å². The van der Waals surface area contributed by atoms with Crippen LogP contribution in [0.2, 0.25) is 0 Å². The third-order valence-electron chi connectivity index (χ3n) is 2.63. The first kappa shape index (κ1) is 14.0. The molecule has 0 aliphatic carbocycles. The van der Waals surface area contributed by atoms with Crippen LogP contribution in [0.15, 0.2) is 18.2 Å². The van der Waals surface area contributed by atoms with E-state index in [9.17, 15) is 13.9 Å². The number of hydrogen-bond acceptors (Lipinski definition) is 3. The van der Waals surface area contributed by atoms with Crippen molar-refractivity contribution in [3.05, 3.63) is 35.4 Å². The standard InChI is InChI=1S/C12H16F2O3/c1-12(15,7-11(16-2)17-3)8-4-5-9(13)10(14)6-8/h4-6,11,15H,7H2,1-3H3. The predicted molar refractivity (Wildman–Crippen MR) is 58.4 cm³/mol. The molecule has 5 heteroatoms. The zero-order valence-electron chi connectivity index (χ0n) is 10.0.